The highest BCUT2D eigenvalue weighted by Gasteiger charge is 2.30. The van der Waals surface area contributed by atoms with Gasteiger partial charge < -0.3 is 19.4 Å². The Labute approximate surface area is 182 Å². The second kappa shape index (κ2) is 9.01. The number of benzene rings is 1. The van der Waals surface area contributed by atoms with Crippen LogP contribution in [0.1, 0.15) is 12.0 Å². The van der Waals surface area contributed by atoms with E-state index in [9.17, 15) is 22.8 Å². The lowest BCUT2D eigenvalue weighted by Gasteiger charge is -2.37. The molecule has 2 amide bonds. The van der Waals surface area contributed by atoms with E-state index in [1.807, 2.05) is 29.2 Å². The Kier molecular flexibility index (Phi) is 6.15. The maximum Gasteiger partial charge on any atom is 0.422 e. The topological polar surface area (TPSA) is 78.9 Å². The van der Waals surface area contributed by atoms with Crippen LogP contribution in [0.3, 0.4) is 0 Å². The summed E-state index contributed by atoms with van der Waals surface area (Å²) in [6.07, 6.45) is -2.25. The summed E-state index contributed by atoms with van der Waals surface area (Å²) in [6, 6.07) is 8.94. The molecule has 1 fully saturated rings. The van der Waals surface area contributed by atoms with Gasteiger partial charge in [0, 0.05) is 44.4 Å². The van der Waals surface area contributed by atoms with Crippen LogP contribution in [0.2, 0.25) is 0 Å². The minimum absolute atomic E-state index is 0.0151. The molecular weight excluding hydrogens is 427 g/mol. The van der Waals surface area contributed by atoms with E-state index in [1.54, 1.807) is 9.80 Å². The summed E-state index contributed by atoms with van der Waals surface area (Å²) in [5.41, 5.74) is 1.83. The standard InChI is InChI=1S/C21H22F3N5O3/c22-21(23,24)13-32-18-11-17(25-14-26-18)27-7-9-28(10-8-27)20(31)12-29-16-4-2-1-3-15(16)5-6-19(29)30/h1-4,11,14H,5-10,12-13H2. The molecule has 32 heavy (non-hydrogen) atoms. The predicted octanol–water partition coefficient (Wildman–Crippen LogP) is 2.05. The molecule has 170 valence electrons. The van der Waals surface area contributed by atoms with E-state index in [4.69, 9.17) is 0 Å². The number of anilines is 2. The average Bonchev–Trinajstić information content (AvgIpc) is 2.79. The maximum atomic E-state index is 12.9. The maximum absolute atomic E-state index is 12.9. The molecule has 0 spiro atoms. The fourth-order valence-corrected chi connectivity index (χ4v) is 3.83. The molecule has 0 unspecified atom stereocenters. The summed E-state index contributed by atoms with van der Waals surface area (Å²) >= 11 is 0. The van der Waals surface area contributed by atoms with Gasteiger partial charge >= 0.3 is 6.18 Å². The number of carbonyl (C=O) groups excluding carboxylic acids is 2. The number of para-hydroxylation sites is 1. The van der Waals surface area contributed by atoms with Crippen molar-refractivity contribution in [1.29, 1.82) is 0 Å². The summed E-state index contributed by atoms with van der Waals surface area (Å²) < 4.78 is 41.7. The first-order valence-corrected chi connectivity index (χ1v) is 10.2. The van der Waals surface area contributed by atoms with Crippen LogP contribution in [0.15, 0.2) is 36.7 Å². The number of aryl methyl sites for hydroxylation is 1. The number of nitrogens with zero attached hydrogens (tertiary/aromatic N) is 5. The van der Waals surface area contributed by atoms with Crippen molar-refractivity contribution in [3.8, 4) is 5.88 Å². The molecule has 1 aromatic carbocycles. The van der Waals surface area contributed by atoms with E-state index in [2.05, 4.69) is 14.7 Å². The van der Waals surface area contributed by atoms with Gasteiger partial charge in [0.05, 0.1) is 0 Å². The van der Waals surface area contributed by atoms with Gasteiger partial charge in [-0.3, -0.25) is 9.59 Å². The van der Waals surface area contributed by atoms with Gasteiger partial charge in [-0.1, -0.05) is 18.2 Å². The lowest BCUT2D eigenvalue weighted by atomic mass is 10.0. The van der Waals surface area contributed by atoms with Gasteiger partial charge in [0.1, 0.15) is 18.7 Å². The number of halogens is 3. The Hall–Kier alpha value is -3.37. The van der Waals surface area contributed by atoms with Gasteiger partial charge in [0.2, 0.25) is 17.7 Å². The lowest BCUT2D eigenvalue weighted by molar-refractivity contribution is -0.154. The second-order valence-corrected chi connectivity index (χ2v) is 7.59. The number of fused-ring (bicyclic) bond motifs is 1. The molecule has 2 aliphatic heterocycles. The van der Waals surface area contributed by atoms with Gasteiger partial charge in [-0.15, -0.1) is 0 Å². The number of aromatic nitrogens is 2. The van der Waals surface area contributed by atoms with E-state index in [-0.39, 0.29) is 24.2 Å². The smallest absolute Gasteiger partial charge is 0.422 e. The fourth-order valence-electron chi connectivity index (χ4n) is 3.83. The van der Waals surface area contributed by atoms with Gasteiger partial charge in [-0.05, 0) is 18.1 Å². The molecule has 0 aliphatic carbocycles. The van der Waals surface area contributed by atoms with Crippen molar-refractivity contribution in [2.24, 2.45) is 0 Å². The van der Waals surface area contributed by atoms with Crippen molar-refractivity contribution in [2.75, 3.05) is 49.1 Å². The Morgan fingerprint density at radius 1 is 1.06 bits per heavy atom. The lowest BCUT2D eigenvalue weighted by Crippen LogP contribution is -2.52. The summed E-state index contributed by atoms with van der Waals surface area (Å²) in [4.78, 5) is 38.2. The zero-order valence-corrected chi connectivity index (χ0v) is 17.2. The third-order valence-electron chi connectivity index (χ3n) is 5.45. The van der Waals surface area contributed by atoms with Crippen LogP contribution in [-0.4, -0.2) is 72.2 Å². The summed E-state index contributed by atoms with van der Waals surface area (Å²) in [5, 5.41) is 0. The predicted molar refractivity (Wildman–Crippen MR) is 109 cm³/mol. The van der Waals surface area contributed by atoms with Gasteiger partial charge in [0.25, 0.3) is 0 Å². The molecule has 1 aromatic heterocycles. The molecular formula is C21H22F3N5O3. The molecule has 0 N–H and O–H groups in total. The van der Waals surface area contributed by atoms with Crippen molar-refractivity contribution in [2.45, 2.75) is 19.0 Å². The normalized spacial score (nSPS) is 16.7. The van der Waals surface area contributed by atoms with Crippen LogP contribution in [0.4, 0.5) is 24.7 Å². The van der Waals surface area contributed by atoms with Crippen LogP contribution in [0.5, 0.6) is 5.88 Å². The number of amides is 2. The van der Waals surface area contributed by atoms with Gasteiger partial charge in [-0.25, -0.2) is 9.97 Å². The highest BCUT2D eigenvalue weighted by molar-refractivity contribution is 6.01. The number of carbonyl (C=O) groups is 2. The first-order chi connectivity index (χ1) is 15.3. The third-order valence-corrected chi connectivity index (χ3v) is 5.45. The van der Waals surface area contributed by atoms with E-state index in [0.717, 1.165) is 17.6 Å². The molecule has 4 rings (SSSR count). The summed E-state index contributed by atoms with van der Waals surface area (Å²) in [7, 11) is 0. The highest BCUT2D eigenvalue weighted by Crippen LogP contribution is 2.27. The van der Waals surface area contributed by atoms with Crippen LogP contribution >= 0.6 is 0 Å². The van der Waals surface area contributed by atoms with Gasteiger partial charge in [0.15, 0.2) is 6.61 Å². The molecule has 2 aromatic rings. The number of hydrogen-bond donors (Lipinski definition) is 0. The Balaban J connectivity index is 1.34. The number of rotatable bonds is 5. The quantitative estimate of drug-likeness (QED) is 0.695. The zero-order chi connectivity index (χ0) is 22.7. The number of alkyl halides is 3. The number of piperazine rings is 1. The summed E-state index contributed by atoms with van der Waals surface area (Å²) in [6.45, 7) is 0.275. The number of hydrogen-bond acceptors (Lipinski definition) is 6. The summed E-state index contributed by atoms with van der Waals surface area (Å²) in [5.74, 6) is 0.0622. The first kappa shape index (κ1) is 21.8. The van der Waals surface area contributed by atoms with Crippen molar-refractivity contribution in [3.05, 3.63) is 42.2 Å². The highest BCUT2D eigenvalue weighted by atomic mass is 19.4. The van der Waals surface area contributed by atoms with Crippen molar-refractivity contribution < 1.29 is 27.5 Å². The minimum Gasteiger partial charge on any atom is -0.468 e. The minimum atomic E-state index is -4.45. The Morgan fingerprint density at radius 3 is 2.56 bits per heavy atom. The molecule has 0 radical (unpaired) electrons. The van der Waals surface area contributed by atoms with Crippen molar-refractivity contribution in [3.63, 3.8) is 0 Å². The van der Waals surface area contributed by atoms with E-state index < -0.39 is 12.8 Å². The Morgan fingerprint density at radius 2 is 1.81 bits per heavy atom. The SMILES string of the molecule is O=C(CN1C(=O)CCc2ccccc21)N1CCN(c2cc(OCC(F)(F)F)ncn2)CC1. The molecule has 3 heterocycles. The first-order valence-electron chi connectivity index (χ1n) is 10.2. The van der Waals surface area contributed by atoms with Crippen molar-refractivity contribution >= 4 is 23.3 Å². The molecule has 11 heteroatoms. The fraction of sp³-hybridized carbons (Fsp3) is 0.429. The van der Waals surface area contributed by atoms with E-state index in [1.165, 1.54) is 6.07 Å². The number of ether oxygens (including phenoxy) is 1. The molecule has 1 saturated heterocycles. The molecule has 0 bridgehead atoms. The largest absolute Gasteiger partial charge is 0.468 e. The van der Waals surface area contributed by atoms with E-state index >= 15 is 0 Å². The molecule has 0 saturated carbocycles. The zero-order valence-electron chi connectivity index (χ0n) is 17.2. The monoisotopic (exact) mass is 449 g/mol. The molecule has 2 aliphatic rings. The molecule has 0 atom stereocenters. The van der Waals surface area contributed by atoms with Crippen LogP contribution in [0, 0.1) is 0 Å². The second-order valence-electron chi connectivity index (χ2n) is 7.59. The Bertz CT molecular complexity index is 993. The molecule has 8 nitrogen and oxygen atoms in total. The van der Waals surface area contributed by atoms with Crippen LogP contribution in [0.25, 0.3) is 0 Å². The van der Waals surface area contributed by atoms with Crippen molar-refractivity contribution in [1.82, 2.24) is 14.9 Å². The van der Waals surface area contributed by atoms with E-state index in [0.29, 0.717) is 44.8 Å². The third kappa shape index (κ3) is 5.09. The van der Waals surface area contributed by atoms with Crippen LogP contribution in [-0.2, 0) is 16.0 Å². The van der Waals surface area contributed by atoms with Gasteiger partial charge in [-0.2, -0.15) is 13.2 Å². The van der Waals surface area contributed by atoms with Crippen LogP contribution < -0.4 is 14.5 Å². The average molecular weight is 449 g/mol.